The van der Waals surface area contributed by atoms with Crippen LogP contribution in [-0.2, 0) is 28.9 Å². The van der Waals surface area contributed by atoms with Crippen LogP contribution in [0.3, 0.4) is 0 Å². The van der Waals surface area contributed by atoms with E-state index in [2.05, 4.69) is 56.0 Å². The van der Waals surface area contributed by atoms with Crippen molar-refractivity contribution in [1.29, 1.82) is 5.26 Å². The van der Waals surface area contributed by atoms with Gasteiger partial charge < -0.3 is 14.4 Å². The van der Waals surface area contributed by atoms with Crippen LogP contribution >= 0.6 is 11.8 Å². The van der Waals surface area contributed by atoms with E-state index in [9.17, 15) is 5.26 Å². The van der Waals surface area contributed by atoms with E-state index in [0.29, 0.717) is 25.7 Å². The maximum atomic E-state index is 10.1. The summed E-state index contributed by atoms with van der Waals surface area (Å²) < 4.78 is 11.7. The summed E-state index contributed by atoms with van der Waals surface area (Å²) >= 11 is 1.70. The van der Waals surface area contributed by atoms with Crippen LogP contribution < -0.4 is 4.90 Å². The van der Waals surface area contributed by atoms with E-state index in [4.69, 9.17) is 14.5 Å². The summed E-state index contributed by atoms with van der Waals surface area (Å²) in [5.74, 6) is 2.30. The smallest absolute Gasteiger partial charge is 0.135 e. The molecule has 1 unspecified atom stereocenters. The number of fused-ring (bicyclic) bond motifs is 1. The number of aromatic nitrogens is 1. The number of nitrogens with zero attached hydrogens (tertiary/aromatic N) is 3. The number of hydrogen-bond acceptors (Lipinski definition) is 6. The van der Waals surface area contributed by atoms with Crippen LogP contribution in [0, 0.1) is 24.2 Å². The van der Waals surface area contributed by atoms with Gasteiger partial charge in [-0.05, 0) is 30.4 Å². The number of nitriles is 1. The third kappa shape index (κ3) is 5.06. The van der Waals surface area contributed by atoms with Gasteiger partial charge in [0.2, 0.25) is 0 Å². The number of anilines is 1. The van der Waals surface area contributed by atoms with E-state index in [-0.39, 0.29) is 6.10 Å². The highest BCUT2D eigenvalue weighted by Crippen LogP contribution is 2.37. The Hall–Kier alpha value is -2.07. The van der Waals surface area contributed by atoms with Gasteiger partial charge >= 0.3 is 0 Å². The Morgan fingerprint density at radius 3 is 2.61 bits per heavy atom. The number of rotatable bonds is 6. The molecule has 3 heterocycles. The Labute approximate surface area is 189 Å². The first-order valence-corrected chi connectivity index (χ1v) is 12.1. The standard InChI is InChI=1S/C25H31N3O2S/c1-17(2)23-14-20-21(15-26)25(31-13-8-19-6-4-18(3)5-7-19)27-24(22(20)16-30-23)28-9-11-29-12-10-28/h4-7,17,23H,8-14,16H2,1-3H3. The van der Waals surface area contributed by atoms with Gasteiger partial charge in [0, 0.05) is 30.8 Å². The van der Waals surface area contributed by atoms with Crippen molar-refractivity contribution in [2.45, 2.75) is 51.3 Å². The molecule has 2 aromatic rings. The van der Waals surface area contributed by atoms with Gasteiger partial charge in [-0.15, -0.1) is 11.8 Å². The summed E-state index contributed by atoms with van der Waals surface area (Å²) in [7, 11) is 0. The van der Waals surface area contributed by atoms with Crippen molar-refractivity contribution < 1.29 is 9.47 Å². The zero-order chi connectivity index (χ0) is 21.8. The lowest BCUT2D eigenvalue weighted by Crippen LogP contribution is -2.39. The average molecular weight is 438 g/mol. The van der Waals surface area contributed by atoms with E-state index in [1.165, 1.54) is 11.1 Å². The summed E-state index contributed by atoms with van der Waals surface area (Å²) in [5, 5.41) is 10.9. The summed E-state index contributed by atoms with van der Waals surface area (Å²) in [4.78, 5) is 7.32. The molecule has 0 aliphatic carbocycles. The molecule has 6 heteroatoms. The fraction of sp³-hybridized carbons (Fsp3) is 0.520. The van der Waals surface area contributed by atoms with Crippen molar-refractivity contribution in [3.8, 4) is 6.07 Å². The fourth-order valence-corrected chi connectivity index (χ4v) is 5.16. The number of aryl methyl sites for hydroxylation is 2. The average Bonchev–Trinajstić information content (AvgIpc) is 2.80. The molecule has 5 nitrogen and oxygen atoms in total. The molecule has 4 rings (SSSR count). The highest BCUT2D eigenvalue weighted by molar-refractivity contribution is 7.99. The SMILES string of the molecule is Cc1ccc(CCSc2nc(N3CCOCC3)c3c(c2C#N)CC(C(C)C)OC3)cc1. The molecule has 0 amide bonds. The lowest BCUT2D eigenvalue weighted by molar-refractivity contribution is -0.000574. The lowest BCUT2D eigenvalue weighted by Gasteiger charge is -2.35. The number of pyridine rings is 1. The molecule has 0 radical (unpaired) electrons. The van der Waals surface area contributed by atoms with Crippen molar-refractivity contribution >= 4 is 17.6 Å². The maximum absolute atomic E-state index is 10.1. The lowest BCUT2D eigenvalue weighted by atomic mass is 9.91. The molecule has 0 saturated carbocycles. The molecule has 1 saturated heterocycles. The maximum Gasteiger partial charge on any atom is 0.135 e. The van der Waals surface area contributed by atoms with Gasteiger partial charge in [-0.3, -0.25) is 0 Å². The Kier molecular flexibility index (Phi) is 7.16. The molecule has 2 aliphatic rings. The highest BCUT2D eigenvalue weighted by atomic mass is 32.2. The molecule has 1 fully saturated rings. The Bertz CT molecular complexity index is 947. The minimum Gasteiger partial charge on any atom is -0.378 e. The molecule has 0 N–H and O–H groups in total. The first kappa shape index (κ1) is 22.1. The zero-order valence-corrected chi connectivity index (χ0v) is 19.5. The van der Waals surface area contributed by atoms with Crippen LogP contribution in [0.25, 0.3) is 0 Å². The molecule has 2 aliphatic heterocycles. The third-order valence-electron chi connectivity index (χ3n) is 6.12. The molecule has 1 aromatic heterocycles. The first-order valence-electron chi connectivity index (χ1n) is 11.1. The van der Waals surface area contributed by atoms with E-state index in [1.807, 2.05) is 0 Å². The molecule has 1 atom stereocenters. The van der Waals surface area contributed by atoms with Crippen LogP contribution in [0.2, 0.25) is 0 Å². The Morgan fingerprint density at radius 1 is 1.19 bits per heavy atom. The van der Waals surface area contributed by atoms with Crippen LogP contribution in [0.5, 0.6) is 0 Å². The quantitative estimate of drug-likeness (QED) is 0.619. The predicted octanol–water partition coefficient (Wildman–Crippen LogP) is 4.53. The number of thioether (sulfide) groups is 1. The van der Waals surface area contributed by atoms with Gasteiger partial charge in [-0.25, -0.2) is 4.98 Å². The normalized spacial score (nSPS) is 18.7. The second-order valence-electron chi connectivity index (χ2n) is 8.67. The predicted molar refractivity (Wildman–Crippen MR) is 125 cm³/mol. The summed E-state index contributed by atoms with van der Waals surface area (Å²) in [6.45, 7) is 10.1. The Balaban J connectivity index is 1.63. The monoisotopic (exact) mass is 437 g/mol. The van der Waals surface area contributed by atoms with E-state index >= 15 is 0 Å². The molecule has 31 heavy (non-hydrogen) atoms. The molecule has 0 bridgehead atoms. The van der Waals surface area contributed by atoms with Gasteiger partial charge in [-0.2, -0.15) is 5.26 Å². The molecular weight excluding hydrogens is 406 g/mol. The summed E-state index contributed by atoms with van der Waals surface area (Å²) in [6.07, 6.45) is 1.88. The van der Waals surface area contributed by atoms with Crippen LogP contribution in [0.1, 0.15) is 41.7 Å². The molecular formula is C25H31N3O2S. The van der Waals surface area contributed by atoms with Crippen molar-refractivity contribution in [1.82, 2.24) is 4.98 Å². The number of benzene rings is 1. The molecule has 1 aromatic carbocycles. The minimum atomic E-state index is 0.143. The van der Waals surface area contributed by atoms with Crippen LogP contribution in [0.4, 0.5) is 5.82 Å². The van der Waals surface area contributed by atoms with E-state index < -0.39 is 0 Å². The highest BCUT2D eigenvalue weighted by Gasteiger charge is 2.31. The van der Waals surface area contributed by atoms with Gasteiger partial charge in [0.15, 0.2) is 0 Å². The first-order chi connectivity index (χ1) is 15.1. The summed E-state index contributed by atoms with van der Waals surface area (Å²) in [6, 6.07) is 11.2. The van der Waals surface area contributed by atoms with Crippen LogP contribution in [0.15, 0.2) is 29.3 Å². The summed E-state index contributed by atoms with van der Waals surface area (Å²) in [5.41, 5.74) is 5.57. The third-order valence-corrected chi connectivity index (χ3v) is 7.10. The molecule has 0 spiro atoms. The molecule has 164 valence electrons. The number of ether oxygens (including phenoxy) is 2. The van der Waals surface area contributed by atoms with Gasteiger partial charge in [0.25, 0.3) is 0 Å². The van der Waals surface area contributed by atoms with Gasteiger partial charge in [0.05, 0.1) is 31.5 Å². The second-order valence-corrected chi connectivity index (χ2v) is 9.75. The van der Waals surface area contributed by atoms with Crippen molar-refractivity contribution in [3.63, 3.8) is 0 Å². The number of hydrogen-bond donors (Lipinski definition) is 0. The topological polar surface area (TPSA) is 58.4 Å². The van der Waals surface area contributed by atoms with Crippen molar-refractivity contribution in [3.05, 3.63) is 52.1 Å². The van der Waals surface area contributed by atoms with Crippen molar-refractivity contribution in [2.24, 2.45) is 5.92 Å². The number of morpholine rings is 1. The van der Waals surface area contributed by atoms with Crippen molar-refractivity contribution in [2.75, 3.05) is 37.0 Å². The largest absolute Gasteiger partial charge is 0.378 e. The zero-order valence-electron chi connectivity index (χ0n) is 18.7. The Morgan fingerprint density at radius 2 is 1.94 bits per heavy atom. The van der Waals surface area contributed by atoms with Crippen LogP contribution in [-0.4, -0.2) is 43.1 Å². The van der Waals surface area contributed by atoms with Gasteiger partial charge in [0.1, 0.15) is 16.9 Å². The van der Waals surface area contributed by atoms with E-state index in [0.717, 1.165) is 59.2 Å². The van der Waals surface area contributed by atoms with Gasteiger partial charge in [-0.1, -0.05) is 43.7 Å². The minimum absolute atomic E-state index is 0.143. The van der Waals surface area contributed by atoms with E-state index in [1.54, 1.807) is 11.8 Å². The fourth-order valence-electron chi connectivity index (χ4n) is 4.17. The second kappa shape index (κ2) is 10.0.